The summed E-state index contributed by atoms with van der Waals surface area (Å²) in [7, 11) is 0. The maximum Gasteiger partial charge on any atom is -0.000718 e. The quantitative estimate of drug-likeness (QED) is 0.105. The summed E-state index contributed by atoms with van der Waals surface area (Å²) >= 11 is 0. The first-order valence-electron chi connectivity index (χ1n) is 30.7. The monoisotopic (exact) mass is 1110 g/mol. The minimum atomic E-state index is 1.21. The summed E-state index contributed by atoms with van der Waals surface area (Å²) in [5, 5.41) is 25.8. The Morgan fingerprint density at radius 1 is 0.136 bits per heavy atom. The molecule has 0 fully saturated rings. The van der Waals surface area contributed by atoms with Crippen molar-refractivity contribution in [1.82, 2.24) is 0 Å². The maximum atomic E-state index is 2.48. The van der Waals surface area contributed by atoms with Gasteiger partial charge in [-0.2, -0.15) is 0 Å². The highest BCUT2D eigenvalue weighted by Gasteiger charge is 2.27. The molecule has 2 aliphatic carbocycles. The zero-order chi connectivity index (χ0) is 57.6. The van der Waals surface area contributed by atoms with Gasteiger partial charge < -0.3 is 0 Å². The topological polar surface area (TPSA) is 0 Å². The molecule has 0 heterocycles. The smallest absolute Gasteiger partial charge is 0.000718 e. The van der Waals surface area contributed by atoms with Crippen molar-refractivity contribution in [1.29, 1.82) is 0 Å². The largest absolute Gasteiger partial charge is 0.0622 e. The highest BCUT2D eigenvalue weighted by atomic mass is 14.3. The van der Waals surface area contributed by atoms with Crippen LogP contribution in [0.2, 0.25) is 0 Å². The minimum absolute atomic E-state index is 1.21. The van der Waals surface area contributed by atoms with Crippen LogP contribution in [-0.2, 0) is 0 Å². The van der Waals surface area contributed by atoms with Crippen molar-refractivity contribution in [3.05, 3.63) is 357 Å². The van der Waals surface area contributed by atoms with E-state index in [1.54, 1.807) is 0 Å². The van der Waals surface area contributed by atoms with Crippen LogP contribution >= 0.6 is 0 Å². The Bertz CT molecular complexity index is 5850. The molecule has 0 spiro atoms. The van der Waals surface area contributed by atoms with Crippen LogP contribution in [0.5, 0.6) is 0 Å². The van der Waals surface area contributed by atoms with Crippen molar-refractivity contribution in [3.8, 4) is 89.0 Å². The van der Waals surface area contributed by atoms with E-state index in [2.05, 4.69) is 315 Å². The van der Waals surface area contributed by atoms with Crippen molar-refractivity contribution in [2.45, 2.75) is 0 Å². The second-order valence-electron chi connectivity index (χ2n) is 24.0. The van der Waals surface area contributed by atoms with Crippen molar-refractivity contribution in [2.24, 2.45) is 0 Å². The van der Waals surface area contributed by atoms with Gasteiger partial charge in [-0.25, -0.2) is 0 Å². The summed E-state index contributed by atoms with van der Waals surface area (Å²) in [4.78, 5) is 0. The molecule has 0 unspecified atom stereocenters. The Morgan fingerprint density at radius 3 is 0.750 bits per heavy atom. The molecule has 0 saturated carbocycles. The fraction of sp³-hybridized carbons (Fsp3) is 0. The number of benzene rings is 17. The predicted molar refractivity (Wildman–Crippen MR) is 370 cm³/mol. The van der Waals surface area contributed by atoms with Crippen LogP contribution in [0.4, 0.5) is 0 Å². The van der Waals surface area contributed by atoms with E-state index in [9.17, 15) is 0 Å². The first-order chi connectivity index (χ1) is 43.7. The SMILES string of the molecule is c1ccc(-c2cccc(-c3c4c(c(-c5ccccc5-c5ccccc5)c5ccccc35)=c3ccc5c6ccc7c8c(ccc(c9ccc=4c3c95)c86)=c3c(-c4ccccc4-c4ccccc4)c4ccccc4c(-c4cccc(-c5ccccc5)c4)c3=7)c2)cc1. The van der Waals surface area contributed by atoms with E-state index in [4.69, 9.17) is 0 Å². The third kappa shape index (κ3) is 6.97. The van der Waals surface area contributed by atoms with E-state index >= 15 is 0 Å². The van der Waals surface area contributed by atoms with Gasteiger partial charge in [0.1, 0.15) is 0 Å². The lowest BCUT2D eigenvalue weighted by Gasteiger charge is -2.18. The minimum Gasteiger partial charge on any atom is -0.0622 e. The standard InChI is InChI=1S/C88H52/c1-5-23-53(24-6-1)57-31-21-33-59(51-57)77-65-39-17-19-41-67(65)81(63-37-15-13-35-61(63)55-27-9-3-10-28-55)87-75-49-45-71-70-44-48-74-84-76(50-46-72(80(70)84)69-43-47-73(85(77)87)83(75)79(69)71)88-82(64-38-16-14-36-62(64)56-29-11-4-12-30-56)68-42-20-18-40-66(68)78(86(74)88)60-34-22-32-58(52-60)54-25-7-2-8-26-54/h1-52H. The summed E-state index contributed by atoms with van der Waals surface area (Å²) < 4.78 is 0. The van der Waals surface area contributed by atoms with Crippen molar-refractivity contribution in [3.63, 3.8) is 0 Å². The zero-order valence-corrected chi connectivity index (χ0v) is 48.0. The number of hydrogen-bond acceptors (Lipinski definition) is 0. The van der Waals surface area contributed by atoms with Crippen LogP contribution in [0.1, 0.15) is 0 Å². The van der Waals surface area contributed by atoms with Crippen molar-refractivity contribution >= 4 is 64.6 Å². The first-order valence-corrected chi connectivity index (χ1v) is 30.7. The molecule has 0 N–H and O–H groups in total. The second-order valence-corrected chi connectivity index (χ2v) is 24.0. The van der Waals surface area contributed by atoms with Crippen LogP contribution in [0.25, 0.3) is 154 Å². The molecule has 404 valence electrons. The van der Waals surface area contributed by atoms with Gasteiger partial charge in [-0.05, 0) is 208 Å². The van der Waals surface area contributed by atoms with Crippen LogP contribution in [0.15, 0.2) is 315 Å². The van der Waals surface area contributed by atoms with E-state index in [1.165, 1.54) is 195 Å². The van der Waals surface area contributed by atoms with Crippen LogP contribution in [0.3, 0.4) is 0 Å². The molecule has 0 aliphatic heterocycles. The molecule has 88 heavy (non-hydrogen) atoms. The van der Waals surface area contributed by atoms with E-state index in [0.29, 0.717) is 0 Å². The molecule has 0 aromatic heterocycles. The third-order valence-corrected chi connectivity index (χ3v) is 19.5. The van der Waals surface area contributed by atoms with Gasteiger partial charge in [-0.3, -0.25) is 0 Å². The fourth-order valence-electron chi connectivity index (χ4n) is 15.9. The molecular weight excluding hydrogens is 1060 g/mol. The van der Waals surface area contributed by atoms with Gasteiger partial charge in [-0.15, -0.1) is 0 Å². The fourth-order valence-corrected chi connectivity index (χ4v) is 15.9. The van der Waals surface area contributed by atoms with Crippen molar-refractivity contribution < 1.29 is 0 Å². The number of fused-ring (bicyclic) bond motifs is 6. The van der Waals surface area contributed by atoms with Crippen LogP contribution < -0.4 is 0 Å². The number of hydrogen-bond donors (Lipinski definition) is 0. The highest BCUT2D eigenvalue weighted by molar-refractivity contribution is 6.33. The normalized spacial score (nSPS) is 12.1. The molecule has 0 heteroatoms. The molecule has 17 aromatic carbocycles. The second kappa shape index (κ2) is 19.0. The molecule has 19 rings (SSSR count). The Hall–Kier alpha value is -11.4. The molecule has 2 aliphatic rings. The molecule has 17 aromatic rings. The van der Waals surface area contributed by atoms with Gasteiger partial charge in [0.05, 0.1) is 0 Å². The van der Waals surface area contributed by atoms with Gasteiger partial charge in [0.15, 0.2) is 0 Å². The lowest BCUT2D eigenvalue weighted by Crippen LogP contribution is -1.94. The first kappa shape index (κ1) is 48.9. The predicted octanol–water partition coefficient (Wildman–Crippen LogP) is 23.2. The Morgan fingerprint density at radius 2 is 0.398 bits per heavy atom. The van der Waals surface area contributed by atoms with Gasteiger partial charge >= 0.3 is 0 Å². The molecule has 0 nitrogen and oxygen atoms in total. The Balaban J connectivity index is 0.983. The van der Waals surface area contributed by atoms with Crippen molar-refractivity contribution in [2.75, 3.05) is 0 Å². The summed E-state index contributed by atoms with van der Waals surface area (Å²) in [5.74, 6) is 0. The maximum absolute atomic E-state index is 2.48. The summed E-state index contributed by atoms with van der Waals surface area (Å²) in [6.07, 6.45) is 0. The zero-order valence-electron chi connectivity index (χ0n) is 48.0. The van der Waals surface area contributed by atoms with Crippen LogP contribution in [-0.4, -0.2) is 0 Å². The van der Waals surface area contributed by atoms with E-state index in [1.807, 2.05) is 0 Å². The van der Waals surface area contributed by atoms with E-state index in [-0.39, 0.29) is 0 Å². The van der Waals surface area contributed by atoms with Gasteiger partial charge in [0.25, 0.3) is 0 Å². The summed E-state index contributed by atoms with van der Waals surface area (Å²) in [5.41, 5.74) is 19.7. The van der Waals surface area contributed by atoms with Crippen LogP contribution in [0, 0.1) is 41.7 Å². The van der Waals surface area contributed by atoms with Gasteiger partial charge in [0.2, 0.25) is 0 Å². The Kier molecular flexibility index (Phi) is 10.6. The number of rotatable bonds is 8. The molecule has 0 bridgehead atoms. The third-order valence-electron chi connectivity index (χ3n) is 19.5. The average Bonchev–Trinajstić information content (AvgIpc) is 1.59. The van der Waals surface area contributed by atoms with Gasteiger partial charge in [-0.1, -0.05) is 303 Å². The molecular formula is C88H52. The molecule has 0 saturated heterocycles. The molecule has 0 amide bonds. The molecule has 0 radical (unpaired) electrons. The van der Waals surface area contributed by atoms with E-state index < -0.39 is 0 Å². The summed E-state index contributed by atoms with van der Waals surface area (Å²) in [6, 6.07) is 118. The van der Waals surface area contributed by atoms with Gasteiger partial charge in [0, 0.05) is 0 Å². The lowest BCUT2D eigenvalue weighted by molar-refractivity contribution is 1.49. The molecule has 0 atom stereocenters. The lowest BCUT2D eigenvalue weighted by atomic mass is 9.85. The van der Waals surface area contributed by atoms with E-state index in [0.717, 1.165) is 0 Å². The average molecular weight is 1110 g/mol. The Labute approximate surface area is 507 Å². The summed E-state index contributed by atoms with van der Waals surface area (Å²) in [6.45, 7) is 0. The highest BCUT2D eigenvalue weighted by Crippen LogP contribution is 2.51.